The smallest absolute Gasteiger partial charge is 0.263 e. The summed E-state index contributed by atoms with van der Waals surface area (Å²) in [5.41, 5.74) is 0.530. The summed E-state index contributed by atoms with van der Waals surface area (Å²) in [6.45, 7) is 4.12. The summed E-state index contributed by atoms with van der Waals surface area (Å²) < 4.78 is 40.5. The first-order chi connectivity index (χ1) is 14.5. The average Bonchev–Trinajstić information content (AvgIpc) is 3.01. The van der Waals surface area contributed by atoms with Crippen LogP contribution in [0.5, 0.6) is 11.5 Å². The quantitative estimate of drug-likeness (QED) is 0.776. The lowest BCUT2D eigenvalue weighted by Crippen LogP contribution is -2.33. The van der Waals surface area contributed by atoms with Gasteiger partial charge in [-0.2, -0.15) is 9.40 Å². The molecular formula is C20H26N4O5S. The van der Waals surface area contributed by atoms with Crippen molar-refractivity contribution in [3.63, 3.8) is 0 Å². The minimum Gasteiger partial charge on any atom is -0.486 e. The number of rotatable bonds is 5. The number of nitrogens with one attached hydrogen (secondary N) is 1. The van der Waals surface area contributed by atoms with Gasteiger partial charge in [-0.25, -0.2) is 8.42 Å². The molecule has 0 atom stereocenters. The Bertz CT molecular complexity index is 1030. The van der Waals surface area contributed by atoms with Crippen molar-refractivity contribution in [1.29, 1.82) is 0 Å². The number of carbonyl (C=O) groups excluding carboxylic acids is 1. The highest BCUT2D eigenvalue weighted by Gasteiger charge is 2.33. The number of anilines is 1. The predicted octanol–water partition coefficient (Wildman–Crippen LogP) is 2.49. The minimum absolute atomic E-state index is 0.0379. The molecule has 4 rings (SSSR count). The topological polar surface area (TPSA) is 103 Å². The van der Waals surface area contributed by atoms with E-state index in [0.29, 0.717) is 50.0 Å². The van der Waals surface area contributed by atoms with Crippen molar-refractivity contribution >= 4 is 21.6 Å². The predicted molar refractivity (Wildman–Crippen MR) is 111 cm³/mol. The van der Waals surface area contributed by atoms with Gasteiger partial charge in [0.15, 0.2) is 11.5 Å². The molecule has 1 saturated heterocycles. The summed E-state index contributed by atoms with van der Waals surface area (Å²) in [5, 5.41) is 6.79. The third kappa shape index (κ3) is 4.15. The van der Waals surface area contributed by atoms with Crippen LogP contribution in [0.25, 0.3) is 0 Å². The Morgan fingerprint density at radius 2 is 1.80 bits per heavy atom. The number of nitrogens with zero attached hydrogens (tertiary/aromatic N) is 3. The van der Waals surface area contributed by atoms with Gasteiger partial charge in [0.25, 0.3) is 15.9 Å². The fraction of sp³-hybridized carbons (Fsp3) is 0.500. The molecule has 9 nitrogen and oxygen atoms in total. The minimum atomic E-state index is -3.86. The number of sulfonamides is 1. The first kappa shape index (κ1) is 20.7. The fourth-order valence-corrected chi connectivity index (χ4v) is 5.25. The van der Waals surface area contributed by atoms with Crippen molar-refractivity contribution in [3.05, 3.63) is 30.0 Å². The molecule has 0 saturated carbocycles. The van der Waals surface area contributed by atoms with E-state index >= 15 is 0 Å². The van der Waals surface area contributed by atoms with E-state index in [-0.39, 0.29) is 10.6 Å². The highest BCUT2D eigenvalue weighted by Crippen LogP contribution is 2.33. The van der Waals surface area contributed by atoms with Crippen LogP contribution in [0.15, 0.2) is 29.4 Å². The maximum Gasteiger partial charge on any atom is 0.263 e. The standard InChI is InChI=1S/C20H26N4O5S/c1-2-23-14-16(20(22-23)30(26,27)24-9-5-3-4-6-10-24)19(25)21-15-7-8-17-18(13-15)29-12-11-28-17/h7-8,13-14H,2-6,9-12H2,1H3,(H,21,25). The molecule has 3 heterocycles. The molecule has 2 aromatic rings. The summed E-state index contributed by atoms with van der Waals surface area (Å²) in [6, 6.07) is 5.08. The number of aryl methyl sites for hydroxylation is 1. The molecule has 0 bridgehead atoms. The molecule has 1 amide bonds. The number of amides is 1. The second-order valence-electron chi connectivity index (χ2n) is 7.33. The Kier molecular flexibility index (Phi) is 5.96. The number of aromatic nitrogens is 2. The molecule has 10 heteroatoms. The zero-order valence-corrected chi connectivity index (χ0v) is 17.8. The van der Waals surface area contributed by atoms with Crippen LogP contribution in [0.2, 0.25) is 0 Å². The van der Waals surface area contributed by atoms with Gasteiger partial charge in [-0.1, -0.05) is 12.8 Å². The van der Waals surface area contributed by atoms with E-state index in [2.05, 4.69) is 10.4 Å². The Morgan fingerprint density at radius 3 is 2.50 bits per heavy atom. The maximum atomic E-state index is 13.3. The van der Waals surface area contributed by atoms with Crippen molar-refractivity contribution < 1.29 is 22.7 Å². The van der Waals surface area contributed by atoms with Crippen molar-refractivity contribution in [1.82, 2.24) is 14.1 Å². The average molecular weight is 435 g/mol. The van der Waals surface area contributed by atoms with Gasteiger partial charge in [0.05, 0.1) is 5.56 Å². The molecule has 1 aromatic heterocycles. The van der Waals surface area contributed by atoms with Crippen LogP contribution >= 0.6 is 0 Å². The van der Waals surface area contributed by atoms with Crippen LogP contribution in [0, 0.1) is 0 Å². The second-order valence-corrected chi connectivity index (χ2v) is 9.19. The van der Waals surface area contributed by atoms with Crippen molar-refractivity contribution in [2.75, 3.05) is 31.6 Å². The maximum absolute atomic E-state index is 13.3. The van der Waals surface area contributed by atoms with Gasteiger partial charge in [-0.05, 0) is 31.9 Å². The molecule has 0 unspecified atom stereocenters. The Labute approximate surface area is 176 Å². The number of benzene rings is 1. The molecule has 1 aromatic carbocycles. The Hall–Kier alpha value is -2.59. The Balaban J connectivity index is 1.62. The van der Waals surface area contributed by atoms with Gasteiger partial charge in [0.1, 0.15) is 13.2 Å². The van der Waals surface area contributed by atoms with Crippen LogP contribution in [0.3, 0.4) is 0 Å². The van der Waals surface area contributed by atoms with E-state index in [9.17, 15) is 13.2 Å². The van der Waals surface area contributed by atoms with Gasteiger partial charge in [0, 0.05) is 37.6 Å². The summed E-state index contributed by atoms with van der Waals surface area (Å²) in [6.07, 6.45) is 5.12. The van der Waals surface area contributed by atoms with Crippen molar-refractivity contribution in [2.45, 2.75) is 44.2 Å². The van der Waals surface area contributed by atoms with E-state index in [4.69, 9.17) is 9.47 Å². The van der Waals surface area contributed by atoms with Crippen LogP contribution in [-0.2, 0) is 16.6 Å². The first-order valence-corrected chi connectivity index (χ1v) is 11.7. The number of carbonyl (C=O) groups is 1. The van der Waals surface area contributed by atoms with Gasteiger partial charge < -0.3 is 14.8 Å². The van der Waals surface area contributed by atoms with Gasteiger partial charge >= 0.3 is 0 Å². The molecule has 2 aliphatic rings. The van der Waals surface area contributed by atoms with Gasteiger partial charge in [-0.15, -0.1) is 0 Å². The molecule has 0 aliphatic carbocycles. The van der Waals surface area contributed by atoms with Crippen LogP contribution < -0.4 is 14.8 Å². The van der Waals surface area contributed by atoms with E-state index in [0.717, 1.165) is 25.7 Å². The van der Waals surface area contributed by atoms with E-state index in [1.165, 1.54) is 15.2 Å². The van der Waals surface area contributed by atoms with Crippen LogP contribution in [0.1, 0.15) is 43.0 Å². The molecule has 30 heavy (non-hydrogen) atoms. The number of ether oxygens (including phenoxy) is 2. The monoisotopic (exact) mass is 434 g/mol. The second kappa shape index (κ2) is 8.65. The molecule has 2 aliphatic heterocycles. The normalized spacial score (nSPS) is 17.4. The van der Waals surface area contributed by atoms with Crippen molar-refractivity contribution in [3.8, 4) is 11.5 Å². The first-order valence-electron chi connectivity index (χ1n) is 10.3. The summed E-state index contributed by atoms with van der Waals surface area (Å²) in [4.78, 5) is 13.0. The highest BCUT2D eigenvalue weighted by molar-refractivity contribution is 7.89. The van der Waals surface area contributed by atoms with E-state index < -0.39 is 15.9 Å². The number of hydrogen-bond donors (Lipinski definition) is 1. The fourth-order valence-electron chi connectivity index (χ4n) is 3.64. The zero-order chi connectivity index (χ0) is 21.1. The molecule has 162 valence electrons. The SMILES string of the molecule is CCn1cc(C(=O)Nc2ccc3c(c2)OCCO3)c(S(=O)(=O)N2CCCCCC2)n1. The lowest BCUT2D eigenvalue weighted by atomic mass is 10.2. The lowest BCUT2D eigenvalue weighted by Gasteiger charge is -2.20. The van der Waals surface area contributed by atoms with Gasteiger partial charge in [-0.3, -0.25) is 9.48 Å². The largest absolute Gasteiger partial charge is 0.486 e. The van der Waals surface area contributed by atoms with Crippen LogP contribution in [-0.4, -0.2) is 54.7 Å². The summed E-state index contributed by atoms with van der Waals surface area (Å²) >= 11 is 0. The zero-order valence-electron chi connectivity index (χ0n) is 17.0. The van der Waals surface area contributed by atoms with Crippen LogP contribution in [0.4, 0.5) is 5.69 Å². The molecule has 1 fully saturated rings. The third-order valence-electron chi connectivity index (χ3n) is 5.25. The summed E-state index contributed by atoms with van der Waals surface area (Å²) in [5.74, 6) is 0.628. The van der Waals surface area contributed by atoms with E-state index in [1.54, 1.807) is 18.2 Å². The number of fused-ring (bicyclic) bond motifs is 1. The number of hydrogen-bond acceptors (Lipinski definition) is 6. The molecule has 1 N–H and O–H groups in total. The lowest BCUT2D eigenvalue weighted by molar-refractivity contribution is 0.102. The highest BCUT2D eigenvalue weighted by atomic mass is 32.2. The molecule has 0 radical (unpaired) electrons. The third-order valence-corrected chi connectivity index (χ3v) is 7.08. The van der Waals surface area contributed by atoms with Crippen molar-refractivity contribution in [2.24, 2.45) is 0 Å². The van der Waals surface area contributed by atoms with Gasteiger partial charge in [0.2, 0.25) is 5.03 Å². The van der Waals surface area contributed by atoms with E-state index in [1.807, 2.05) is 6.92 Å². The summed E-state index contributed by atoms with van der Waals surface area (Å²) in [7, 11) is -3.86. The molecule has 0 spiro atoms. The Morgan fingerprint density at radius 1 is 1.10 bits per heavy atom. The molecular weight excluding hydrogens is 408 g/mol.